The number of carbonyl (C=O) groups excluding carboxylic acids is 1. The fourth-order valence-electron chi connectivity index (χ4n) is 4.53. The molecule has 2 aromatic rings. The molecule has 2 amide bonds. The molecule has 0 bridgehead atoms. The molecule has 0 saturated carbocycles. The van der Waals surface area contributed by atoms with Gasteiger partial charge in [-0.25, -0.2) is 9.59 Å². The van der Waals surface area contributed by atoms with Crippen LogP contribution < -0.4 is 4.90 Å². The number of nitrogens with zero attached hydrogens (tertiary/aromatic N) is 2. The quantitative estimate of drug-likeness (QED) is 0.381. The number of alkyl halides is 9. The van der Waals surface area contributed by atoms with Gasteiger partial charge in [0.05, 0.1) is 35.5 Å². The molecular formula is C24H21F9N2O4. The summed E-state index contributed by atoms with van der Waals surface area (Å²) in [6.45, 7) is 0.654. The molecule has 0 fully saturated rings. The van der Waals surface area contributed by atoms with Crippen LogP contribution in [-0.4, -0.2) is 35.3 Å². The Labute approximate surface area is 215 Å². The second-order valence-electron chi connectivity index (χ2n) is 8.75. The molecule has 0 unspecified atom stereocenters. The van der Waals surface area contributed by atoms with E-state index in [9.17, 15) is 54.2 Å². The molecule has 1 aliphatic heterocycles. The lowest BCUT2D eigenvalue weighted by Gasteiger charge is -2.43. The summed E-state index contributed by atoms with van der Waals surface area (Å²) in [6, 6.07) is 0.525. The molecule has 3 rings (SSSR count). The van der Waals surface area contributed by atoms with Crippen LogP contribution in [0, 0.1) is 0 Å². The number of hydrogen-bond donors (Lipinski definition) is 1. The van der Waals surface area contributed by atoms with Crippen molar-refractivity contribution in [2.45, 2.75) is 56.9 Å². The number of fused-ring (bicyclic) bond motifs is 1. The first kappa shape index (κ1) is 29.9. The Morgan fingerprint density at radius 1 is 0.923 bits per heavy atom. The van der Waals surface area contributed by atoms with Crippen LogP contribution in [0.25, 0.3) is 0 Å². The average Bonchev–Trinajstić information content (AvgIpc) is 2.83. The van der Waals surface area contributed by atoms with Crippen LogP contribution in [0.4, 0.5) is 54.8 Å². The van der Waals surface area contributed by atoms with Gasteiger partial charge in [0.15, 0.2) is 0 Å². The summed E-state index contributed by atoms with van der Waals surface area (Å²) in [4.78, 5) is 26.3. The fourth-order valence-corrected chi connectivity index (χ4v) is 4.53. The van der Waals surface area contributed by atoms with E-state index in [2.05, 4.69) is 4.74 Å². The van der Waals surface area contributed by atoms with Crippen LogP contribution in [0.15, 0.2) is 36.4 Å². The van der Waals surface area contributed by atoms with Gasteiger partial charge in [-0.3, -0.25) is 9.80 Å². The fraction of sp³-hybridized carbons (Fsp3) is 0.417. The average molecular weight is 572 g/mol. The number of ether oxygens (including phenoxy) is 1. The molecule has 1 aliphatic rings. The molecule has 214 valence electrons. The SMILES string of the molecule is CC[C@@H]1C[C@H](N(Cc2cc(C(F)(F)F)cc(C(F)(F)F)c2)C(=O)OC)c2cc(C(F)(F)F)ccc2N1C(=O)O. The minimum Gasteiger partial charge on any atom is -0.465 e. The summed E-state index contributed by atoms with van der Waals surface area (Å²) in [7, 11) is 0.874. The van der Waals surface area contributed by atoms with E-state index >= 15 is 0 Å². The zero-order valence-corrected chi connectivity index (χ0v) is 20.2. The Morgan fingerprint density at radius 2 is 1.46 bits per heavy atom. The van der Waals surface area contributed by atoms with Gasteiger partial charge in [0.2, 0.25) is 0 Å². The van der Waals surface area contributed by atoms with Gasteiger partial charge >= 0.3 is 30.7 Å². The van der Waals surface area contributed by atoms with Crippen LogP contribution in [0.2, 0.25) is 0 Å². The predicted octanol–water partition coefficient (Wildman–Crippen LogP) is 7.72. The third-order valence-electron chi connectivity index (χ3n) is 6.30. The Balaban J connectivity index is 2.22. The molecule has 1 heterocycles. The topological polar surface area (TPSA) is 70.1 Å². The molecule has 15 heteroatoms. The van der Waals surface area contributed by atoms with Crippen LogP contribution in [0.3, 0.4) is 0 Å². The van der Waals surface area contributed by atoms with E-state index in [-0.39, 0.29) is 30.2 Å². The lowest BCUT2D eigenvalue weighted by molar-refractivity contribution is -0.143. The summed E-state index contributed by atoms with van der Waals surface area (Å²) in [5, 5.41) is 9.73. The van der Waals surface area contributed by atoms with Crippen LogP contribution in [0.5, 0.6) is 0 Å². The van der Waals surface area contributed by atoms with Gasteiger partial charge in [0, 0.05) is 12.6 Å². The van der Waals surface area contributed by atoms with E-state index < -0.39 is 71.6 Å². The van der Waals surface area contributed by atoms with E-state index in [1.54, 1.807) is 6.92 Å². The summed E-state index contributed by atoms with van der Waals surface area (Å²) in [6.07, 6.45) is -18.2. The second kappa shape index (κ2) is 10.5. The Bertz CT molecular complexity index is 1210. The third kappa shape index (κ3) is 6.33. The summed E-state index contributed by atoms with van der Waals surface area (Å²) in [5.41, 5.74) is -5.65. The lowest BCUT2D eigenvalue weighted by Crippen LogP contribution is -2.48. The number of amides is 2. The van der Waals surface area contributed by atoms with Gasteiger partial charge in [-0.15, -0.1) is 0 Å². The van der Waals surface area contributed by atoms with E-state index in [1.165, 1.54) is 0 Å². The number of hydrogen-bond acceptors (Lipinski definition) is 3. The van der Waals surface area contributed by atoms with Crippen LogP contribution in [0.1, 0.15) is 53.6 Å². The van der Waals surface area contributed by atoms with Gasteiger partial charge in [-0.1, -0.05) is 6.92 Å². The van der Waals surface area contributed by atoms with Gasteiger partial charge in [-0.2, -0.15) is 39.5 Å². The summed E-state index contributed by atoms with van der Waals surface area (Å²) < 4.78 is 126. The number of benzene rings is 2. The minimum absolute atomic E-state index is 0.102. The molecule has 0 saturated heterocycles. The van der Waals surface area contributed by atoms with Crippen molar-refractivity contribution in [1.82, 2.24) is 4.90 Å². The molecule has 0 spiro atoms. The summed E-state index contributed by atoms with van der Waals surface area (Å²) >= 11 is 0. The van der Waals surface area contributed by atoms with Crippen molar-refractivity contribution < 1.29 is 58.9 Å². The van der Waals surface area contributed by atoms with Crippen molar-refractivity contribution in [2.24, 2.45) is 0 Å². The highest BCUT2D eigenvalue weighted by Gasteiger charge is 2.43. The highest BCUT2D eigenvalue weighted by atomic mass is 19.4. The third-order valence-corrected chi connectivity index (χ3v) is 6.30. The monoisotopic (exact) mass is 572 g/mol. The maximum Gasteiger partial charge on any atom is 0.416 e. The largest absolute Gasteiger partial charge is 0.465 e. The maximum atomic E-state index is 13.5. The van der Waals surface area contributed by atoms with Gasteiger partial charge in [-0.05, 0) is 60.4 Å². The van der Waals surface area contributed by atoms with Crippen molar-refractivity contribution in [1.29, 1.82) is 0 Å². The molecule has 6 nitrogen and oxygen atoms in total. The van der Waals surface area contributed by atoms with E-state index in [4.69, 9.17) is 0 Å². The first-order valence-corrected chi connectivity index (χ1v) is 11.2. The van der Waals surface area contributed by atoms with Crippen molar-refractivity contribution in [3.8, 4) is 0 Å². The predicted molar refractivity (Wildman–Crippen MR) is 118 cm³/mol. The highest BCUT2D eigenvalue weighted by Crippen LogP contribution is 2.45. The molecule has 1 N–H and O–H groups in total. The zero-order valence-electron chi connectivity index (χ0n) is 20.2. The number of carboxylic acid groups (broad SMARTS) is 1. The first-order chi connectivity index (χ1) is 17.9. The minimum atomic E-state index is -5.18. The van der Waals surface area contributed by atoms with E-state index in [1.807, 2.05) is 0 Å². The normalized spacial score (nSPS) is 18.0. The molecule has 0 aromatic heterocycles. The van der Waals surface area contributed by atoms with Crippen molar-refractivity contribution >= 4 is 17.9 Å². The molecule has 2 atom stereocenters. The Kier molecular flexibility index (Phi) is 8.04. The zero-order chi connectivity index (χ0) is 29.5. The molecule has 39 heavy (non-hydrogen) atoms. The molecule has 0 aliphatic carbocycles. The molecular weight excluding hydrogens is 551 g/mol. The van der Waals surface area contributed by atoms with E-state index in [0.29, 0.717) is 29.2 Å². The van der Waals surface area contributed by atoms with Crippen molar-refractivity contribution in [3.05, 3.63) is 64.2 Å². The lowest BCUT2D eigenvalue weighted by atomic mass is 9.87. The second-order valence-corrected chi connectivity index (χ2v) is 8.75. The first-order valence-electron chi connectivity index (χ1n) is 11.2. The molecule has 0 radical (unpaired) electrons. The van der Waals surface area contributed by atoms with E-state index in [0.717, 1.165) is 18.1 Å². The van der Waals surface area contributed by atoms with Gasteiger partial charge < -0.3 is 9.84 Å². The summed E-state index contributed by atoms with van der Waals surface area (Å²) in [5.74, 6) is 0. The number of methoxy groups -OCH3 is 1. The molecule has 2 aromatic carbocycles. The number of halogens is 9. The Hall–Kier alpha value is -3.65. The van der Waals surface area contributed by atoms with Gasteiger partial charge in [0.25, 0.3) is 0 Å². The van der Waals surface area contributed by atoms with Crippen LogP contribution in [-0.2, 0) is 29.8 Å². The number of rotatable bonds is 4. The number of anilines is 1. The number of carbonyl (C=O) groups is 2. The smallest absolute Gasteiger partial charge is 0.416 e. The van der Waals surface area contributed by atoms with Crippen LogP contribution >= 0.6 is 0 Å². The Morgan fingerprint density at radius 3 is 1.90 bits per heavy atom. The highest BCUT2D eigenvalue weighted by molar-refractivity contribution is 5.89. The standard InChI is InChI=1S/C24H21F9N2O4/c1-3-16-10-19(17-9-13(22(25,26)27)4-5-18(17)35(16)20(36)37)34(21(38)39-2)11-12-6-14(23(28,29)30)8-15(7-12)24(31,32)33/h4-9,16,19H,3,10-11H2,1-2H3,(H,36,37)/t16-,19+/m1/s1. The maximum absolute atomic E-state index is 13.5. The van der Waals surface area contributed by atoms with Crippen molar-refractivity contribution in [3.63, 3.8) is 0 Å². The van der Waals surface area contributed by atoms with Crippen molar-refractivity contribution in [2.75, 3.05) is 12.0 Å². The van der Waals surface area contributed by atoms with Gasteiger partial charge in [0.1, 0.15) is 0 Å².